The van der Waals surface area contributed by atoms with E-state index < -0.39 is 18.2 Å². The molecule has 0 fully saturated rings. The second kappa shape index (κ2) is 12.0. The molecule has 0 aromatic carbocycles. The zero-order chi connectivity index (χ0) is 19.4. The Hall–Kier alpha value is -2.50. The normalized spacial score (nSPS) is 15.2. The van der Waals surface area contributed by atoms with E-state index in [0.29, 0.717) is 5.57 Å². The fraction of sp³-hybridized carbons (Fsp3) is 0.500. The minimum Gasteiger partial charge on any atom is -0.466 e. The second-order valence-corrected chi connectivity index (χ2v) is 5.90. The molecule has 0 atom stereocenters. The molecule has 0 aromatic rings. The molecule has 0 N–H and O–H groups in total. The van der Waals surface area contributed by atoms with Crippen LogP contribution in [0.15, 0.2) is 48.5 Å². The molecule has 26 heavy (non-hydrogen) atoms. The minimum atomic E-state index is -0.563. The monoisotopic (exact) mass is 364 g/mol. The Balaban J connectivity index is 0.000000487. The van der Waals surface area contributed by atoms with Crippen LogP contribution in [0.2, 0.25) is 0 Å². The standard InChI is InChI=1S/C16H22O4.C4H6O2/c1-12(2)16(17)18-11-15(19-13-7-3-4-8-13)20-14-9-5-6-10-14;1-3-4(5)6-2/h7,9,15H,1,3-6,8,10-11H2,2H3;3H,1H2,2H3. The Kier molecular flexibility index (Phi) is 9.90. The van der Waals surface area contributed by atoms with E-state index in [-0.39, 0.29) is 6.61 Å². The van der Waals surface area contributed by atoms with Crippen molar-refractivity contribution in [2.75, 3.05) is 13.7 Å². The minimum absolute atomic E-state index is 0.0837. The average molecular weight is 364 g/mol. The van der Waals surface area contributed by atoms with Gasteiger partial charge >= 0.3 is 11.9 Å². The zero-order valence-electron chi connectivity index (χ0n) is 15.6. The van der Waals surface area contributed by atoms with E-state index in [4.69, 9.17) is 14.2 Å². The zero-order valence-corrected chi connectivity index (χ0v) is 15.6. The van der Waals surface area contributed by atoms with Crippen molar-refractivity contribution in [3.05, 3.63) is 48.5 Å². The van der Waals surface area contributed by atoms with Gasteiger partial charge in [0.25, 0.3) is 6.29 Å². The van der Waals surface area contributed by atoms with Gasteiger partial charge in [-0.1, -0.05) is 13.2 Å². The summed E-state index contributed by atoms with van der Waals surface area (Å²) >= 11 is 0. The maximum absolute atomic E-state index is 11.5. The summed E-state index contributed by atoms with van der Waals surface area (Å²) in [6, 6.07) is 0. The number of allylic oxidation sites excluding steroid dienone is 4. The third-order valence-electron chi connectivity index (χ3n) is 3.63. The lowest BCUT2D eigenvalue weighted by molar-refractivity contribution is -0.159. The molecule has 0 heterocycles. The lowest BCUT2D eigenvalue weighted by Crippen LogP contribution is -2.25. The fourth-order valence-electron chi connectivity index (χ4n) is 2.28. The summed E-state index contributed by atoms with van der Waals surface area (Å²) in [7, 11) is 1.31. The average Bonchev–Trinajstić information content (AvgIpc) is 3.33. The van der Waals surface area contributed by atoms with E-state index in [2.05, 4.69) is 30.0 Å². The van der Waals surface area contributed by atoms with Crippen molar-refractivity contribution >= 4 is 11.9 Å². The smallest absolute Gasteiger partial charge is 0.333 e. The number of rotatable bonds is 8. The molecule has 0 aromatic heterocycles. The quantitative estimate of drug-likeness (QED) is 0.369. The summed E-state index contributed by atoms with van der Waals surface area (Å²) in [5, 5.41) is 0. The number of carbonyl (C=O) groups excluding carboxylic acids is 2. The first-order valence-electron chi connectivity index (χ1n) is 8.70. The van der Waals surface area contributed by atoms with E-state index >= 15 is 0 Å². The van der Waals surface area contributed by atoms with Crippen LogP contribution >= 0.6 is 0 Å². The SMILES string of the molecule is C=C(C)C(=O)OCC(OC1=CCCC1)OC1=CCCC1.C=CC(=O)OC. The van der Waals surface area contributed by atoms with E-state index in [1.54, 1.807) is 6.92 Å². The number of ether oxygens (including phenoxy) is 4. The predicted octanol–water partition coefficient (Wildman–Crippen LogP) is 3.95. The first-order valence-corrected chi connectivity index (χ1v) is 8.70. The Morgan fingerprint density at radius 2 is 1.69 bits per heavy atom. The first kappa shape index (κ1) is 21.5. The number of hydrogen-bond donors (Lipinski definition) is 0. The molecule has 0 saturated heterocycles. The van der Waals surface area contributed by atoms with Crippen molar-refractivity contribution in [1.82, 2.24) is 0 Å². The lowest BCUT2D eigenvalue weighted by atomic mass is 10.3. The van der Waals surface area contributed by atoms with Crippen molar-refractivity contribution < 1.29 is 28.5 Å². The number of esters is 2. The van der Waals surface area contributed by atoms with Gasteiger partial charge in [0.05, 0.1) is 18.6 Å². The van der Waals surface area contributed by atoms with Crippen LogP contribution in [-0.2, 0) is 28.5 Å². The largest absolute Gasteiger partial charge is 0.466 e. The molecule has 6 heteroatoms. The highest BCUT2D eigenvalue weighted by molar-refractivity contribution is 5.86. The van der Waals surface area contributed by atoms with Crippen molar-refractivity contribution in [3.8, 4) is 0 Å². The summed E-state index contributed by atoms with van der Waals surface area (Å²) in [4.78, 5) is 21.3. The molecule has 2 aliphatic carbocycles. The topological polar surface area (TPSA) is 71.1 Å². The van der Waals surface area contributed by atoms with Gasteiger partial charge in [0.2, 0.25) is 0 Å². The van der Waals surface area contributed by atoms with Crippen molar-refractivity contribution in [3.63, 3.8) is 0 Å². The Labute approximate surface area is 155 Å². The summed E-state index contributed by atoms with van der Waals surface area (Å²) in [5.41, 5.74) is 0.379. The van der Waals surface area contributed by atoms with Crippen LogP contribution in [0, 0.1) is 0 Å². The van der Waals surface area contributed by atoms with Crippen molar-refractivity contribution in [1.29, 1.82) is 0 Å². The molecule has 0 bridgehead atoms. The molecule has 2 aliphatic rings. The summed E-state index contributed by atoms with van der Waals surface area (Å²) in [5.74, 6) is 1.05. The van der Waals surface area contributed by atoms with Crippen LogP contribution in [-0.4, -0.2) is 31.9 Å². The van der Waals surface area contributed by atoms with Crippen LogP contribution in [0.5, 0.6) is 0 Å². The maximum atomic E-state index is 11.5. The van der Waals surface area contributed by atoms with Crippen LogP contribution < -0.4 is 0 Å². The molecular weight excluding hydrogens is 336 g/mol. The highest BCUT2D eigenvalue weighted by Gasteiger charge is 2.20. The summed E-state index contributed by atoms with van der Waals surface area (Å²) in [6.07, 6.45) is 10.8. The van der Waals surface area contributed by atoms with Crippen LogP contribution in [0.3, 0.4) is 0 Å². The number of methoxy groups -OCH3 is 1. The Morgan fingerprint density at radius 1 is 1.15 bits per heavy atom. The molecule has 0 aliphatic heterocycles. The third kappa shape index (κ3) is 8.55. The molecule has 0 radical (unpaired) electrons. The highest BCUT2D eigenvalue weighted by atomic mass is 16.7. The molecule has 0 unspecified atom stereocenters. The van der Waals surface area contributed by atoms with E-state index in [1.807, 2.05) is 0 Å². The number of hydrogen-bond acceptors (Lipinski definition) is 6. The van der Waals surface area contributed by atoms with Gasteiger partial charge in [0.15, 0.2) is 6.61 Å². The second-order valence-electron chi connectivity index (χ2n) is 5.90. The molecular formula is C20H28O6. The molecule has 144 valence electrons. The first-order chi connectivity index (χ1) is 12.5. The van der Waals surface area contributed by atoms with Gasteiger partial charge in [-0.15, -0.1) is 0 Å². The van der Waals surface area contributed by atoms with Crippen molar-refractivity contribution in [2.45, 2.75) is 51.7 Å². The van der Waals surface area contributed by atoms with Crippen LogP contribution in [0.1, 0.15) is 45.4 Å². The van der Waals surface area contributed by atoms with Gasteiger partial charge in [-0.2, -0.15) is 0 Å². The van der Waals surface area contributed by atoms with E-state index in [9.17, 15) is 9.59 Å². The lowest BCUT2D eigenvalue weighted by Gasteiger charge is -2.21. The third-order valence-corrected chi connectivity index (χ3v) is 3.63. The van der Waals surface area contributed by atoms with Crippen LogP contribution in [0.25, 0.3) is 0 Å². The molecule has 0 spiro atoms. The van der Waals surface area contributed by atoms with Crippen LogP contribution in [0.4, 0.5) is 0 Å². The van der Waals surface area contributed by atoms with Gasteiger partial charge in [0.1, 0.15) is 0 Å². The fourth-order valence-corrected chi connectivity index (χ4v) is 2.28. The molecule has 0 saturated carbocycles. The van der Waals surface area contributed by atoms with Gasteiger partial charge in [-0.25, -0.2) is 9.59 Å². The molecule has 2 rings (SSSR count). The van der Waals surface area contributed by atoms with Gasteiger partial charge < -0.3 is 18.9 Å². The maximum Gasteiger partial charge on any atom is 0.333 e. The van der Waals surface area contributed by atoms with Gasteiger partial charge in [-0.3, -0.25) is 0 Å². The number of carbonyl (C=O) groups is 2. The Bertz CT molecular complexity index is 547. The highest BCUT2D eigenvalue weighted by Crippen LogP contribution is 2.25. The Morgan fingerprint density at radius 3 is 2.00 bits per heavy atom. The molecule has 6 nitrogen and oxygen atoms in total. The summed E-state index contributed by atoms with van der Waals surface area (Å²) in [6.45, 7) is 8.42. The summed E-state index contributed by atoms with van der Waals surface area (Å²) < 4.78 is 20.9. The van der Waals surface area contributed by atoms with Gasteiger partial charge in [0, 0.05) is 24.5 Å². The van der Waals surface area contributed by atoms with E-state index in [1.165, 1.54) is 7.11 Å². The van der Waals surface area contributed by atoms with E-state index in [0.717, 1.165) is 56.1 Å². The predicted molar refractivity (Wildman–Crippen MR) is 97.8 cm³/mol. The molecule has 0 amide bonds. The van der Waals surface area contributed by atoms with Crippen molar-refractivity contribution in [2.24, 2.45) is 0 Å². The van der Waals surface area contributed by atoms with Gasteiger partial charge in [-0.05, 0) is 44.8 Å².